The lowest BCUT2D eigenvalue weighted by atomic mass is 10.1. The van der Waals surface area contributed by atoms with Gasteiger partial charge in [-0.05, 0) is 32.9 Å². The predicted octanol–water partition coefficient (Wildman–Crippen LogP) is 3.99. The van der Waals surface area contributed by atoms with Crippen LogP contribution in [0.5, 0.6) is 5.75 Å². The molecule has 1 saturated heterocycles. The van der Waals surface area contributed by atoms with Crippen LogP contribution < -0.4 is 10.1 Å². The molecule has 3 rings (SSSR count). The third kappa shape index (κ3) is 4.12. The zero-order valence-electron chi connectivity index (χ0n) is 15.4. The molecule has 1 aliphatic heterocycles. The van der Waals surface area contributed by atoms with Gasteiger partial charge in [-0.25, -0.2) is 4.79 Å². The van der Waals surface area contributed by atoms with Crippen LogP contribution in [-0.2, 0) is 0 Å². The highest BCUT2D eigenvalue weighted by molar-refractivity contribution is 6.32. The molecule has 1 aromatic carbocycles. The van der Waals surface area contributed by atoms with Crippen molar-refractivity contribution >= 4 is 17.6 Å². The van der Waals surface area contributed by atoms with Crippen molar-refractivity contribution in [1.82, 2.24) is 20.4 Å². The van der Waals surface area contributed by atoms with Crippen LogP contribution in [0.2, 0.25) is 5.02 Å². The summed E-state index contributed by atoms with van der Waals surface area (Å²) in [5.74, 6) is 0.705. The Balaban J connectivity index is 1.51. The van der Waals surface area contributed by atoms with E-state index in [1.165, 1.54) is 0 Å². The molecule has 0 unspecified atom stereocenters. The highest BCUT2D eigenvalue weighted by Crippen LogP contribution is 2.27. The maximum Gasteiger partial charge on any atom is 0.317 e. The molecule has 0 bridgehead atoms. The fourth-order valence-corrected chi connectivity index (χ4v) is 3.62. The Labute approximate surface area is 158 Å². The van der Waals surface area contributed by atoms with Gasteiger partial charge in [0.2, 0.25) is 0 Å². The third-order valence-corrected chi connectivity index (χ3v) is 5.13. The number of halogens is 1. The Morgan fingerprint density at radius 2 is 2.04 bits per heavy atom. The molecular formula is C19H25ClN4O2. The lowest BCUT2D eigenvalue weighted by molar-refractivity contribution is 0.110. The molecular weight excluding hydrogens is 352 g/mol. The van der Waals surface area contributed by atoms with E-state index in [1.807, 2.05) is 49.9 Å². The summed E-state index contributed by atoms with van der Waals surface area (Å²) in [5, 5.41) is 10.8. The summed E-state index contributed by atoms with van der Waals surface area (Å²) in [6.45, 7) is 7.22. The highest BCUT2D eigenvalue weighted by Gasteiger charge is 2.26. The second kappa shape index (κ2) is 7.99. The van der Waals surface area contributed by atoms with E-state index in [4.69, 9.17) is 16.3 Å². The SMILES string of the molecule is Cc1n[nH]c(C)c1[C@H](C)NC(=O)N1CCC(Oc2ccccc2Cl)CC1. The van der Waals surface area contributed by atoms with E-state index in [2.05, 4.69) is 15.5 Å². The average molecular weight is 377 g/mol. The number of aromatic amines is 1. The number of hydrogen-bond donors (Lipinski definition) is 2. The molecule has 1 atom stereocenters. The van der Waals surface area contributed by atoms with Gasteiger partial charge in [0, 0.05) is 37.2 Å². The number of likely N-dealkylation sites (tertiary alicyclic amines) is 1. The summed E-state index contributed by atoms with van der Waals surface area (Å²) in [4.78, 5) is 14.4. The normalized spacial score (nSPS) is 16.4. The van der Waals surface area contributed by atoms with Gasteiger partial charge in [-0.15, -0.1) is 0 Å². The van der Waals surface area contributed by atoms with E-state index < -0.39 is 0 Å². The second-order valence-corrected chi connectivity index (χ2v) is 7.16. The van der Waals surface area contributed by atoms with E-state index in [0.29, 0.717) is 23.9 Å². The summed E-state index contributed by atoms with van der Waals surface area (Å²) in [7, 11) is 0. The Morgan fingerprint density at radius 1 is 1.35 bits per heavy atom. The molecule has 0 radical (unpaired) electrons. The first kappa shape index (κ1) is 18.6. The summed E-state index contributed by atoms with van der Waals surface area (Å²) in [5.41, 5.74) is 2.96. The zero-order chi connectivity index (χ0) is 18.7. The summed E-state index contributed by atoms with van der Waals surface area (Å²) >= 11 is 6.15. The number of carbonyl (C=O) groups is 1. The molecule has 0 spiro atoms. The molecule has 2 aromatic rings. The number of para-hydroxylation sites is 1. The molecule has 2 amide bonds. The van der Waals surface area contributed by atoms with Gasteiger partial charge in [-0.1, -0.05) is 23.7 Å². The van der Waals surface area contributed by atoms with Gasteiger partial charge in [0.05, 0.1) is 16.8 Å². The van der Waals surface area contributed by atoms with Crippen LogP contribution in [0.3, 0.4) is 0 Å². The smallest absolute Gasteiger partial charge is 0.317 e. The second-order valence-electron chi connectivity index (χ2n) is 6.75. The van der Waals surface area contributed by atoms with Crippen molar-refractivity contribution in [2.45, 2.75) is 45.8 Å². The maximum absolute atomic E-state index is 12.6. The molecule has 1 fully saturated rings. The number of nitrogens with one attached hydrogen (secondary N) is 2. The van der Waals surface area contributed by atoms with Crippen molar-refractivity contribution in [3.8, 4) is 5.75 Å². The Kier molecular flexibility index (Phi) is 5.71. The number of rotatable bonds is 4. The minimum absolute atomic E-state index is 0.0475. The summed E-state index contributed by atoms with van der Waals surface area (Å²) < 4.78 is 5.98. The monoisotopic (exact) mass is 376 g/mol. The predicted molar refractivity (Wildman–Crippen MR) is 102 cm³/mol. The lowest BCUT2D eigenvalue weighted by Gasteiger charge is -2.33. The van der Waals surface area contributed by atoms with Crippen LogP contribution in [0.15, 0.2) is 24.3 Å². The van der Waals surface area contributed by atoms with Crippen LogP contribution >= 0.6 is 11.6 Å². The van der Waals surface area contributed by atoms with Gasteiger partial charge in [0.15, 0.2) is 0 Å². The number of carbonyl (C=O) groups excluding carboxylic acids is 1. The highest BCUT2D eigenvalue weighted by atomic mass is 35.5. The van der Waals surface area contributed by atoms with Crippen LogP contribution in [0.25, 0.3) is 0 Å². The van der Waals surface area contributed by atoms with Gasteiger partial charge < -0.3 is 15.0 Å². The van der Waals surface area contributed by atoms with Crippen molar-refractivity contribution in [1.29, 1.82) is 0 Å². The molecule has 1 aliphatic rings. The van der Waals surface area contributed by atoms with E-state index in [0.717, 1.165) is 29.8 Å². The summed E-state index contributed by atoms with van der Waals surface area (Å²) in [6.07, 6.45) is 1.66. The van der Waals surface area contributed by atoms with Crippen LogP contribution in [0, 0.1) is 13.8 Å². The number of urea groups is 1. The average Bonchev–Trinajstić information content (AvgIpc) is 2.96. The molecule has 0 aliphatic carbocycles. The number of ether oxygens (including phenoxy) is 1. The van der Waals surface area contributed by atoms with Gasteiger partial charge in [-0.3, -0.25) is 5.10 Å². The van der Waals surface area contributed by atoms with E-state index in [-0.39, 0.29) is 18.2 Å². The minimum atomic E-state index is -0.0849. The largest absolute Gasteiger partial charge is 0.489 e. The Morgan fingerprint density at radius 3 is 2.65 bits per heavy atom. The number of hydrogen-bond acceptors (Lipinski definition) is 3. The first-order valence-electron chi connectivity index (χ1n) is 8.93. The number of benzene rings is 1. The van der Waals surface area contributed by atoms with Crippen molar-refractivity contribution in [2.75, 3.05) is 13.1 Å². The molecule has 1 aromatic heterocycles. The molecule has 6 nitrogen and oxygen atoms in total. The fourth-order valence-electron chi connectivity index (χ4n) is 3.44. The van der Waals surface area contributed by atoms with Crippen LogP contribution in [0.4, 0.5) is 4.79 Å². The summed E-state index contributed by atoms with van der Waals surface area (Å²) in [6, 6.07) is 7.35. The number of nitrogens with zero attached hydrogens (tertiary/aromatic N) is 2. The molecule has 0 saturated carbocycles. The van der Waals surface area contributed by atoms with Crippen molar-refractivity contribution in [3.63, 3.8) is 0 Å². The number of aromatic nitrogens is 2. The van der Waals surface area contributed by atoms with Crippen LogP contribution in [-0.4, -0.2) is 40.3 Å². The quantitative estimate of drug-likeness (QED) is 0.847. The Bertz CT molecular complexity index is 749. The van der Waals surface area contributed by atoms with Gasteiger partial charge >= 0.3 is 6.03 Å². The lowest BCUT2D eigenvalue weighted by Crippen LogP contribution is -2.47. The van der Waals surface area contributed by atoms with Gasteiger partial charge in [0.1, 0.15) is 11.9 Å². The number of piperidine rings is 1. The molecule has 7 heteroatoms. The topological polar surface area (TPSA) is 70.2 Å². The Hall–Kier alpha value is -2.21. The standard InChI is InChI=1S/C19H25ClN4O2/c1-12(18-13(2)22-23-14(18)3)21-19(25)24-10-8-15(9-11-24)26-17-7-5-4-6-16(17)20/h4-7,12,15H,8-11H2,1-3H3,(H,21,25)(H,22,23)/t12-/m0/s1. The van der Waals surface area contributed by atoms with E-state index >= 15 is 0 Å². The fraction of sp³-hybridized carbons (Fsp3) is 0.474. The van der Waals surface area contributed by atoms with Gasteiger partial charge in [-0.2, -0.15) is 5.10 Å². The van der Waals surface area contributed by atoms with E-state index in [9.17, 15) is 4.79 Å². The minimum Gasteiger partial charge on any atom is -0.489 e. The first-order chi connectivity index (χ1) is 12.5. The maximum atomic E-state index is 12.6. The van der Waals surface area contributed by atoms with Crippen molar-refractivity contribution in [3.05, 3.63) is 46.2 Å². The van der Waals surface area contributed by atoms with Crippen LogP contribution in [0.1, 0.15) is 42.8 Å². The molecule has 2 heterocycles. The molecule has 2 N–H and O–H groups in total. The number of amides is 2. The molecule has 140 valence electrons. The van der Waals surface area contributed by atoms with Crippen molar-refractivity contribution in [2.24, 2.45) is 0 Å². The first-order valence-corrected chi connectivity index (χ1v) is 9.31. The van der Waals surface area contributed by atoms with E-state index in [1.54, 1.807) is 0 Å². The third-order valence-electron chi connectivity index (χ3n) is 4.82. The zero-order valence-corrected chi connectivity index (χ0v) is 16.1. The van der Waals surface area contributed by atoms with Gasteiger partial charge in [0.25, 0.3) is 0 Å². The number of aryl methyl sites for hydroxylation is 2. The number of H-pyrrole nitrogens is 1. The molecule has 26 heavy (non-hydrogen) atoms. The van der Waals surface area contributed by atoms with Crippen molar-refractivity contribution < 1.29 is 9.53 Å².